The lowest BCUT2D eigenvalue weighted by Gasteiger charge is -2.11. The lowest BCUT2D eigenvalue weighted by atomic mass is 10.3. The van der Waals surface area contributed by atoms with Crippen LogP contribution < -0.4 is 10.6 Å². The number of nitrogens with zero attached hydrogens (tertiary/aromatic N) is 2. The normalized spacial score (nSPS) is 9.95. The average Bonchev–Trinajstić information content (AvgIpc) is 2.82. The molecule has 0 spiro atoms. The molecule has 0 aromatic carbocycles. The first-order valence-electron chi connectivity index (χ1n) is 6.32. The molecule has 0 bridgehead atoms. The second kappa shape index (κ2) is 8.36. The minimum Gasteiger partial charge on any atom is -0.466 e. The number of hydrogen-bond donors (Lipinski definition) is 2. The van der Waals surface area contributed by atoms with Gasteiger partial charge in [-0.3, -0.25) is 4.79 Å². The average molecular weight is 300 g/mol. The van der Waals surface area contributed by atoms with Gasteiger partial charge in [-0.05, 0) is 6.92 Å². The number of esters is 1. The number of carbonyl (C=O) groups excluding carboxylic acids is 2. The van der Waals surface area contributed by atoms with Gasteiger partial charge in [-0.2, -0.15) is 0 Å². The van der Waals surface area contributed by atoms with Crippen LogP contribution in [0.3, 0.4) is 0 Å². The van der Waals surface area contributed by atoms with E-state index in [2.05, 4.69) is 15.6 Å². The van der Waals surface area contributed by atoms with Crippen molar-refractivity contribution in [2.45, 2.75) is 13.3 Å². The van der Waals surface area contributed by atoms with Crippen molar-refractivity contribution in [3.05, 3.63) is 11.1 Å². The largest absolute Gasteiger partial charge is 0.466 e. The highest BCUT2D eigenvalue weighted by atomic mass is 32.1. The molecule has 1 heterocycles. The number of hydrogen-bond acceptors (Lipinski definition) is 6. The second-order valence-corrected chi connectivity index (χ2v) is 5.04. The molecule has 2 amide bonds. The first-order chi connectivity index (χ1) is 9.52. The van der Waals surface area contributed by atoms with Crippen LogP contribution in [-0.2, 0) is 16.0 Å². The standard InChI is InChI=1S/C12H20N4O3S/c1-4-19-10(17)7-9-8-20-11(15-9)13-5-6-14-12(18)16(2)3/h8H,4-7H2,1-3H3,(H,13,15)(H,14,18). The summed E-state index contributed by atoms with van der Waals surface area (Å²) in [6, 6.07) is -0.131. The number of rotatable bonds is 7. The number of anilines is 1. The van der Waals surface area contributed by atoms with Gasteiger partial charge in [0.2, 0.25) is 0 Å². The molecule has 0 radical (unpaired) electrons. The van der Waals surface area contributed by atoms with Crippen molar-refractivity contribution < 1.29 is 14.3 Å². The van der Waals surface area contributed by atoms with Crippen molar-refractivity contribution in [1.82, 2.24) is 15.2 Å². The molecule has 112 valence electrons. The van der Waals surface area contributed by atoms with Crippen LogP contribution in [0.25, 0.3) is 0 Å². The van der Waals surface area contributed by atoms with Gasteiger partial charge in [0, 0.05) is 32.6 Å². The Labute approximate surface area is 122 Å². The fourth-order valence-electron chi connectivity index (χ4n) is 1.33. The molecule has 0 aliphatic carbocycles. The number of amides is 2. The molecule has 0 fully saturated rings. The summed E-state index contributed by atoms with van der Waals surface area (Å²) in [5.41, 5.74) is 0.688. The predicted molar refractivity (Wildman–Crippen MR) is 78.0 cm³/mol. The molecule has 0 aliphatic rings. The van der Waals surface area contributed by atoms with E-state index in [1.54, 1.807) is 21.0 Å². The van der Waals surface area contributed by atoms with Gasteiger partial charge in [-0.25, -0.2) is 9.78 Å². The van der Waals surface area contributed by atoms with Gasteiger partial charge in [0.25, 0.3) is 0 Å². The minimum absolute atomic E-state index is 0.131. The van der Waals surface area contributed by atoms with E-state index in [-0.39, 0.29) is 18.4 Å². The van der Waals surface area contributed by atoms with Crippen LogP contribution in [0, 0.1) is 0 Å². The molecule has 2 N–H and O–H groups in total. The minimum atomic E-state index is -0.275. The van der Waals surface area contributed by atoms with E-state index in [9.17, 15) is 9.59 Å². The highest BCUT2D eigenvalue weighted by molar-refractivity contribution is 7.13. The Morgan fingerprint density at radius 2 is 2.15 bits per heavy atom. The monoisotopic (exact) mass is 300 g/mol. The van der Waals surface area contributed by atoms with Crippen LogP contribution in [-0.4, -0.2) is 55.7 Å². The zero-order valence-corrected chi connectivity index (χ0v) is 12.7. The van der Waals surface area contributed by atoms with Gasteiger partial charge < -0.3 is 20.3 Å². The quantitative estimate of drug-likeness (QED) is 0.578. The highest BCUT2D eigenvalue weighted by Gasteiger charge is 2.08. The molecule has 0 saturated heterocycles. The Hall–Kier alpha value is -1.83. The maximum absolute atomic E-state index is 11.3. The summed E-state index contributed by atoms with van der Waals surface area (Å²) in [7, 11) is 3.37. The number of thiazole rings is 1. The molecule has 1 aromatic rings. The van der Waals surface area contributed by atoms with E-state index in [1.807, 2.05) is 5.38 Å². The Morgan fingerprint density at radius 1 is 1.40 bits per heavy atom. The molecular formula is C12H20N4O3S. The van der Waals surface area contributed by atoms with E-state index in [0.717, 1.165) is 5.13 Å². The maximum atomic E-state index is 11.3. The van der Waals surface area contributed by atoms with Crippen LogP contribution in [0.4, 0.5) is 9.93 Å². The third-order valence-electron chi connectivity index (χ3n) is 2.27. The summed E-state index contributed by atoms with van der Waals surface area (Å²) >= 11 is 1.42. The summed E-state index contributed by atoms with van der Waals surface area (Å²) in [6.45, 7) is 3.23. The van der Waals surface area contributed by atoms with Gasteiger partial charge in [-0.1, -0.05) is 0 Å². The molecule has 0 aliphatic heterocycles. The van der Waals surface area contributed by atoms with E-state index in [4.69, 9.17) is 4.74 Å². The van der Waals surface area contributed by atoms with Crippen molar-refractivity contribution in [2.75, 3.05) is 39.1 Å². The summed E-state index contributed by atoms with van der Waals surface area (Å²) in [6.07, 6.45) is 0.184. The Balaban J connectivity index is 2.27. The molecular weight excluding hydrogens is 280 g/mol. The molecule has 1 rings (SSSR count). The third kappa shape index (κ3) is 5.87. The second-order valence-electron chi connectivity index (χ2n) is 4.18. The summed E-state index contributed by atoms with van der Waals surface area (Å²) < 4.78 is 4.86. The first kappa shape index (κ1) is 16.2. The summed E-state index contributed by atoms with van der Waals surface area (Å²) in [4.78, 5) is 28.3. The molecule has 0 unspecified atom stereocenters. The van der Waals surface area contributed by atoms with E-state index >= 15 is 0 Å². The summed E-state index contributed by atoms with van der Waals surface area (Å²) in [5, 5.41) is 8.36. The van der Waals surface area contributed by atoms with Crippen molar-refractivity contribution >= 4 is 28.5 Å². The Kier molecular flexibility index (Phi) is 6.78. The van der Waals surface area contributed by atoms with Crippen molar-refractivity contribution in [1.29, 1.82) is 0 Å². The zero-order valence-electron chi connectivity index (χ0n) is 11.9. The number of carbonyl (C=O) groups is 2. The lowest BCUT2D eigenvalue weighted by Crippen LogP contribution is -2.37. The van der Waals surface area contributed by atoms with Gasteiger partial charge in [-0.15, -0.1) is 11.3 Å². The first-order valence-corrected chi connectivity index (χ1v) is 7.20. The molecule has 0 atom stereocenters. The summed E-state index contributed by atoms with van der Waals surface area (Å²) in [5.74, 6) is -0.275. The Bertz CT molecular complexity index is 448. The number of nitrogens with one attached hydrogen (secondary N) is 2. The number of ether oxygens (including phenoxy) is 1. The van der Waals surface area contributed by atoms with Crippen molar-refractivity contribution in [3.8, 4) is 0 Å². The lowest BCUT2D eigenvalue weighted by molar-refractivity contribution is -0.142. The third-order valence-corrected chi connectivity index (χ3v) is 3.11. The fraction of sp³-hybridized carbons (Fsp3) is 0.583. The van der Waals surface area contributed by atoms with Crippen LogP contribution in [0.15, 0.2) is 5.38 Å². The van der Waals surface area contributed by atoms with Crippen LogP contribution in [0.1, 0.15) is 12.6 Å². The zero-order chi connectivity index (χ0) is 15.0. The van der Waals surface area contributed by atoms with Gasteiger partial charge >= 0.3 is 12.0 Å². The van der Waals surface area contributed by atoms with Crippen molar-refractivity contribution in [3.63, 3.8) is 0 Å². The predicted octanol–water partition coefficient (Wildman–Crippen LogP) is 0.932. The van der Waals surface area contributed by atoms with Gasteiger partial charge in [0.1, 0.15) is 0 Å². The fourth-order valence-corrected chi connectivity index (χ4v) is 2.07. The van der Waals surface area contributed by atoms with Crippen molar-refractivity contribution in [2.24, 2.45) is 0 Å². The van der Waals surface area contributed by atoms with Gasteiger partial charge in [0.05, 0.1) is 18.7 Å². The van der Waals surface area contributed by atoms with Crippen LogP contribution >= 0.6 is 11.3 Å². The van der Waals surface area contributed by atoms with E-state index < -0.39 is 0 Å². The maximum Gasteiger partial charge on any atom is 0.316 e. The molecule has 1 aromatic heterocycles. The highest BCUT2D eigenvalue weighted by Crippen LogP contribution is 2.15. The number of aromatic nitrogens is 1. The van der Waals surface area contributed by atoms with Crippen LogP contribution in [0.5, 0.6) is 0 Å². The molecule has 20 heavy (non-hydrogen) atoms. The molecule has 0 saturated carbocycles. The SMILES string of the molecule is CCOC(=O)Cc1csc(NCCNC(=O)N(C)C)n1. The van der Waals surface area contributed by atoms with Crippen LogP contribution in [0.2, 0.25) is 0 Å². The van der Waals surface area contributed by atoms with E-state index in [0.29, 0.717) is 25.4 Å². The molecule has 7 nitrogen and oxygen atoms in total. The topological polar surface area (TPSA) is 83.6 Å². The smallest absolute Gasteiger partial charge is 0.316 e. The van der Waals surface area contributed by atoms with Gasteiger partial charge in [0.15, 0.2) is 5.13 Å². The van der Waals surface area contributed by atoms with E-state index in [1.165, 1.54) is 16.2 Å². The molecule has 8 heteroatoms. The number of urea groups is 1. The Morgan fingerprint density at radius 3 is 2.80 bits per heavy atom.